The summed E-state index contributed by atoms with van der Waals surface area (Å²) < 4.78 is 5.42. The van der Waals surface area contributed by atoms with Gasteiger partial charge in [-0.05, 0) is 76.5 Å². The number of hydrogen-bond donors (Lipinski definition) is 2. The van der Waals surface area contributed by atoms with Crippen LogP contribution in [0.1, 0.15) is 38.5 Å². The van der Waals surface area contributed by atoms with Crippen LogP contribution in [0.5, 0.6) is 0 Å². The Morgan fingerprint density at radius 3 is 2.28 bits per heavy atom. The average Bonchev–Trinajstić information content (AvgIpc) is 2.83. The summed E-state index contributed by atoms with van der Waals surface area (Å²) in [7, 11) is 30.2. The van der Waals surface area contributed by atoms with Gasteiger partial charge in [0.05, 0.1) is 32.6 Å². The number of hydrogen-bond acceptors (Lipinski definition) is 5. The van der Waals surface area contributed by atoms with Crippen molar-refractivity contribution in [2.24, 2.45) is 5.73 Å². The van der Waals surface area contributed by atoms with Gasteiger partial charge in [-0.25, -0.2) is 4.79 Å². The number of fused-ring (bicyclic) bond motifs is 1. The fourth-order valence-corrected chi connectivity index (χ4v) is 4.41. The summed E-state index contributed by atoms with van der Waals surface area (Å²) in [4.78, 5) is 30.1. The van der Waals surface area contributed by atoms with Gasteiger partial charge in [-0.1, -0.05) is 48.0 Å². The van der Waals surface area contributed by atoms with Crippen LogP contribution in [0, 0.1) is 13.8 Å². The van der Waals surface area contributed by atoms with Gasteiger partial charge in [0.1, 0.15) is 23.5 Å². The van der Waals surface area contributed by atoms with Crippen LogP contribution in [0.2, 0.25) is 0 Å². The number of nitrogens with one attached hydrogen (secondary N) is 1. The zero-order chi connectivity index (χ0) is 28.5. The first kappa shape index (κ1) is 28.3. The monoisotopic (exact) mass is 503 g/mol. The molecule has 11 heteroatoms. The van der Waals surface area contributed by atoms with Gasteiger partial charge in [0.25, 0.3) is 0 Å². The van der Waals surface area contributed by atoms with Crippen molar-refractivity contribution < 1.29 is 14.3 Å². The smallest absolute Gasteiger partial charge is 0.337 e. The Kier molecular flexibility index (Phi) is 7.85. The van der Waals surface area contributed by atoms with E-state index in [1.165, 1.54) is 12.1 Å². The van der Waals surface area contributed by atoms with Crippen LogP contribution in [0.15, 0.2) is 72.9 Å². The molecular formula is C28H22B5N3O3. The summed E-state index contributed by atoms with van der Waals surface area (Å²) in [6.45, 7) is 3.71. The van der Waals surface area contributed by atoms with Crippen molar-refractivity contribution >= 4 is 73.2 Å². The topological polar surface area (TPSA) is 94.3 Å². The van der Waals surface area contributed by atoms with Gasteiger partial charge in [-0.15, -0.1) is 0 Å². The Morgan fingerprint density at radius 2 is 1.64 bits per heavy atom. The fraction of sp³-hybridized carbons (Fsp3) is 0.179. The Labute approximate surface area is 234 Å². The first-order valence-electron chi connectivity index (χ1n) is 12.1. The van der Waals surface area contributed by atoms with E-state index in [1.807, 2.05) is 13.0 Å². The van der Waals surface area contributed by atoms with Gasteiger partial charge in [0.2, 0.25) is 5.91 Å². The largest absolute Gasteiger partial charge is 0.471 e. The van der Waals surface area contributed by atoms with E-state index < -0.39 is 28.5 Å². The highest BCUT2D eigenvalue weighted by molar-refractivity contribution is 6.42. The zero-order valence-electron chi connectivity index (χ0n) is 21.6. The number of nitrogens with zero attached hydrogens (tertiary/aromatic N) is 1. The molecule has 0 unspecified atom stereocenters. The van der Waals surface area contributed by atoms with E-state index in [0.717, 1.165) is 21.9 Å². The lowest BCUT2D eigenvalue weighted by atomic mass is 9.54. The van der Waals surface area contributed by atoms with Crippen LogP contribution >= 0.6 is 0 Å². The molecule has 39 heavy (non-hydrogen) atoms. The van der Waals surface area contributed by atoms with E-state index in [4.69, 9.17) is 49.7 Å². The third-order valence-corrected chi connectivity index (χ3v) is 6.38. The van der Waals surface area contributed by atoms with Crippen molar-refractivity contribution in [3.05, 3.63) is 101 Å². The number of aromatic nitrogens is 1. The summed E-state index contributed by atoms with van der Waals surface area (Å²) in [6.07, 6.45) is 1.58. The molecule has 0 bridgehead atoms. The van der Waals surface area contributed by atoms with Crippen molar-refractivity contribution in [3.8, 4) is 0 Å². The molecule has 4 rings (SSSR count). The third-order valence-electron chi connectivity index (χ3n) is 6.38. The molecule has 0 aliphatic rings. The van der Waals surface area contributed by atoms with Crippen LogP contribution in [-0.2, 0) is 14.9 Å². The van der Waals surface area contributed by atoms with Gasteiger partial charge in [0.15, 0.2) is 0 Å². The van der Waals surface area contributed by atoms with Gasteiger partial charge >= 0.3 is 5.97 Å². The Bertz CT molecular complexity index is 1550. The molecule has 1 heterocycles. The molecule has 0 saturated heterocycles. The normalized spacial score (nSPS) is 12.6. The molecule has 182 valence electrons. The molecule has 6 nitrogen and oxygen atoms in total. The maximum atomic E-state index is 13.3. The van der Waals surface area contributed by atoms with Crippen LogP contribution in [0.3, 0.4) is 0 Å². The molecule has 3 aromatic carbocycles. The van der Waals surface area contributed by atoms with E-state index in [0.29, 0.717) is 22.4 Å². The number of rotatable bonds is 7. The second-order valence-corrected chi connectivity index (χ2v) is 9.68. The molecular weight excluding hydrogens is 480 g/mol. The van der Waals surface area contributed by atoms with Crippen LogP contribution in [-0.4, -0.2) is 61.4 Å². The number of carbonyl (C=O) groups is 2. The van der Waals surface area contributed by atoms with Gasteiger partial charge < -0.3 is 15.8 Å². The van der Waals surface area contributed by atoms with E-state index in [1.54, 1.807) is 61.7 Å². The predicted octanol–water partition coefficient (Wildman–Crippen LogP) is 1.62. The number of aryl methyl sites for hydroxylation is 2. The number of pyridine rings is 1. The first-order chi connectivity index (χ1) is 18.3. The number of amides is 1. The van der Waals surface area contributed by atoms with E-state index in [9.17, 15) is 9.59 Å². The highest BCUT2D eigenvalue weighted by Crippen LogP contribution is 2.29. The standard InChI is InChI=1S/C28H22B5N3O3/c1-15-3-9-21(16(2)13-15)26(38)39-28(32,33)19-6-4-17(5-7-19)23(27(30,31)34)25(37)36-20-8-10-22-18(14-20)11-12-35-24(22)29/h3-14,23H,34H2,1-2H3,(H,36,37)/t23-/m1/s1. The van der Waals surface area contributed by atoms with E-state index in [-0.39, 0.29) is 5.56 Å². The lowest BCUT2D eigenvalue weighted by Crippen LogP contribution is -2.51. The van der Waals surface area contributed by atoms with Gasteiger partial charge in [0, 0.05) is 11.9 Å². The molecule has 1 amide bonds. The predicted molar refractivity (Wildman–Crippen MR) is 158 cm³/mol. The van der Waals surface area contributed by atoms with Crippen molar-refractivity contribution in [1.82, 2.24) is 4.98 Å². The highest BCUT2D eigenvalue weighted by atomic mass is 16.5. The number of nitrogens with two attached hydrogens (primary N) is 1. The van der Waals surface area contributed by atoms with Gasteiger partial charge in [-0.3, -0.25) is 9.78 Å². The van der Waals surface area contributed by atoms with Crippen molar-refractivity contribution in [3.63, 3.8) is 0 Å². The van der Waals surface area contributed by atoms with Crippen LogP contribution in [0.4, 0.5) is 5.69 Å². The summed E-state index contributed by atoms with van der Waals surface area (Å²) in [6, 6.07) is 18.4. The number of anilines is 1. The number of esters is 1. The van der Waals surface area contributed by atoms with Crippen LogP contribution < -0.4 is 16.6 Å². The maximum Gasteiger partial charge on any atom is 0.337 e. The summed E-state index contributed by atoms with van der Waals surface area (Å²) in [5.41, 5.74) is 9.64. The molecule has 3 N–H and O–H groups in total. The quantitative estimate of drug-likeness (QED) is 0.296. The summed E-state index contributed by atoms with van der Waals surface area (Å²) in [5, 5.41) is 0.482. The van der Waals surface area contributed by atoms with Crippen LogP contribution in [0.25, 0.3) is 10.8 Å². The molecule has 10 radical (unpaired) electrons. The Balaban J connectivity index is 1.55. The number of benzene rings is 3. The van der Waals surface area contributed by atoms with E-state index >= 15 is 0 Å². The number of carbonyl (C=O) groups excluding carboxylic acids is 2. The Hall–Kier alpha value is -3.71. The Morgan fingerprint density at radius 1 is 0.949 bits per heavy atom. The zero-order valence-corrected chi connectivity index (χ0v) is 21.6. The molecule has 4 aromatic rings. The lowest BCUT2D eigenvalue weighted by molar-refractivity contribution is -0.117. The molecule has 0 aliphatic carbocycles. The van der Waals surface area contributed by atoms with Crippen molar-refractivity contribution in [2.75, 3.05) is 5.32 Å². The summed E-state index contributed by atoms with van der Waals surface area (Å²) >= 11 is 0. The van der Waals surface area contributed by atoms with Crippen molar-refractivity contribution in [1.29, 1.82) is 0 Å². The molecule has 0 spiro atoms. The van der Waals surface area contributed by atoms with Crippen molar-refractivity contribution in [2.45, 2.75) is 30.5 Å². The maximum absolute atomic E-state index is 13.3. The first-order valence-corrected chi connectivity index (χ1v) is 12.1. The second kappa shape index (κ2) is 10.8. The minimum atomic E-state index is -1.95. The van der Waals surface area contributed by atoms with Gasteiger partial charge in [-0.2, -0.15) is 0 Å². The second-order valence-electron chi connectivity index (χ2n) is 9.68. The number of ether oxygens (including phenoxy) is 1. The third kappa shape index (κ3) is 6.31. The average molecular weight is 503 g/mol. The SMILES string of the molecule is [B]c1nccc2cc(NC(=O)[C@@H](c3ccc(C([B])([B])OC(=O)c4ccc(C)cc4C)cc3)C([B])([B])N)ccc12. The lowest BCUT2D eigenvalue weighted by Gasteiger charge is -2.32. The molecule has 0 saturated carbocycles. The highest BCUT2D eigenvalue weighted by Gasteiger charge is 2.33. The molecule has 1 aromatic heterocycles. The minimum absolute atomic E-state index is 0.279. The summed E-state index contributed by atoms with van der Waals surface area (Å²) in [5.74, 6) is -2.37. The molecule has 1 atom stereocenters. The molecule has 0 fully saturated rings. The molecule has 0 aliphatic heterocycles. The van der Waals surface area contributed by atoms with E-state index in [2.05, 4.69) is 10.3 Å². The minimum Gasteiger partial charge on any atom is -0.471 e. The fourth-order valence-electron chi connectivity index (χ4n) is 4.41.